The number of likely N-dealkylation sites (tertiary alicyclic amines) is 1. The molecule has 16 heavy (non-hydrogen) atoms. The summed E-state index contributed by atoms with van der Waals surface area (Å²) in [5, 5.41) is 7.04. The summed E-state index contributed by atoms with van der Waals surface area (Å²) in [4.78, 5) is 6.83. The second kappa shape index (κ2) is 5.75. The van der Waals surface area contributed by atoms with E-state index < -0.39 is 0 Å². The van der Waals surface area contributed by atoms with Crippen molar-refractivity contribution >= 4 is 11.3 Å². The fraction of sp³-hybridized carbons (Fsp3) is 0.750. The molecular weight excluding hydrogens is 218 g/mol. The van der Waals surface area contributed by atoms with Crippen molar-refractivity contribution in [3.8, 4) is 0 Å². The average Bonchev–Trinajstić information content (AvgIpc) is 2.79. The third-order valence-electron chi connectivity index (χ3n) is 3.22. The van der Waals surface area contributed by atoms with Gasteiger partial charge in [0.05, 0.1) is 6.04 Å². The van der Waals surface area contributed by atoms with Crippen LogP contribution >= 0.6 is 11.3 Å². The Kier molecular flexibility index (Phi) is 4.32. The molecule has 1 N–H and O–H groups in total. The lowest BCUT2D eigenvalue weighted by Crippen LogP contribution is -2.45. The number of likely N-dealkylation sites (N-methyl/N-ethyl adjacent to an activating group) is 1. The molecule has 0 amide bonds. The van der Waals surface area contributed by atoms with Crippen molar-refractivity contribution in [1.29, 1.82) is 0 Å². The second-order valence-electron chi connectivity index (χ2n) is 4.60. The van der Waals surface area contributed by atoms with Gasteiger partial charge in [0.25, 0.3) is 0 Å². The molecule has 2 unspecified atom stereocenters. The minimum absolute atomic E-state index is 0.441. The molecule has 3 nitrogen and oxygen atoms in total. The highest BCUT2D eigenvalue weighted by Gasteiger charge is 2.21. The zero-order chi connectivity index (χ0) is 11.4. The Morgan fingerprint density at radius 1 is 1.69 bits per heavy atom. The number of hydrogen-bond acceptors (Lipinski definition) is 4. The van der Waals surface area contributed by atoms with Gasteiger partial charge in [-0.25, -0.2) is 4.98 Å². The minimum Gasteiger partial charge on any atom is -0.305 e. The zero-order valence-electron chi connectivity index (χ0n) is 10.1. The average molecular weight is 239 g/mol. The van der Waals surface area contributed by atoms with E-state index in [1.54, 1.807) is 11.3 Å². The standard InChI is InChI=1S/C12H21N3S/c1-3-11(12-13-6-8-16-12)14-10-5-4-7-15(2)9-10/h6,8,10-11,14H,3-5,7,9H2,1-2H3. The van der Waals surface area contributed by atoms with Crippen LogP contribution in [0, 0.1) is 0 Å². The zero-order valence-corrected chi connectivity index (χ0v) is 11.0. The van der Waals surface area contributed by atoms with Gasteiger partial charge < -0.3 is 10.2 Å². The second-order valence-corrected chi connectivity index (χ2v) is 5.53. The smallest absolute Gasteiger partial charge is 0.109 e. The van der Waals surface area contributed by atoms with Gasteiger partial charge in [-0.3, -0.25) is 0 Å². The molecular formula is C12H21N3S. The Morgan fingerprint density at radius 2 is 2.56 bits per heavy atom. The summed E-state index contributed by atoms with van der Waals surface area (Å²) < 4.78 is 0. The van der Waals surface area contributed by atoms with Gasteiger partial charge in [0.2, 0.25) is 0 Å². The van der Waals surface area contributed by atoms with Crippen LogP contribution in [0.25, 0.3) is 0 Å². The van der Waals surface area contributed by atoms with Crippen LogP contribution in [0.3, 0.4) is 0 Å². The molecule has 1 fully saturated rings. The van der Waals surface area contributed by atoms with E-state index in [1.165, 1.54) is 30.9 Å². The quantitative estimate of drug-likeness (QED) is 0.873. The number of aromatic nitrogens is 1. The highest BCUT2D eigenvalue weighted by atomic mass is 32.1. The van der Waals surface area contributed by atoms with Crippen LogP contribution in [0.2, 0.25) is 0 Å². The van der Waals surface area contributed by atoms with Gasteiger partial charge in [0.1, 0.15) is 5.01 Å². The van der Waals surface area contributed by atoms with Crippen LogP contribution in [0.5, 0.6) is 0 Å². The molecule has 0 spiro atoms. The molecule has 0 aromatic carbocycles. The first-order valence-electron chi connectivity index (χ1n) is 6.13. The summed E-state index contributed by atoms with van der Waals surface area (Å²) in [6, 6.07) is 1.07. The van der Waals surface area contributed by atoms with Crippen molar-refractivity contribution in [2.45, 2.75) is 38.3 Å². The van der Waals surface area contributed by atoms with E-state index in [0.29, 0.717) is 12.1 Å². The van der Waals surface area contributed by atoms with E-state index in [9.17, 15) is 0 Å². The van der Waals surface area contributed by atoms with Crippen molar-refractivity contribution in [3.63, 3.8) is 0 Å². The van der Waals surface area contributed by atoms with Gasteiger partial charge in [-0.1, -0.05) is 6.92 Å². The maximum Gasteiger partial charge on any atom is 0.109 e. The van der Waals surface area contributed by atoms with Crippen molar-refractivity contribution in [2.75, 3.05) is 20.1 Å². The summed E-state index contributed by atoms with van der Waals surface area (Å²) in [6.45, 7) is 4.64. The number of hydrogen-bond donors (Lipinski definition) is 1. The van der Waals surface area contributed by atoms with Crippen molar-refractivity contribution in [3.05, 3.63) is 16.6 Å². The molecule has 1 aromatic rings. The van der Waals surface area contributed by atoms with Gasteiger partial charge in [0.15, 0.2) is 0 Å². The highest BCUT2D eigenvalue weighted by molar-refractivity contribution is 7.09. The van der Waals surface area contributed by atoms with Gasteiger partial charge in [-0.15, -0.1) is 11.3 Å². The van der Waals surface area contributed by atoms with E-state index in [-0.39, 0.29) is 0 Å². The predicted octanol–water partition coefficient (Wildman–Crippen LogP) is 2.28. The highest BCUT2D eigenvalue weighted by Crippen LogP contribution is 2.21. The molecule has 2 heterocycles. The third-order valence-corrected chi connectivity index (χ3v) is 4.11. The number of thiazole rings is 1. The number of nitrogens with zero attached hydrogens (tertiary/aromatic N) is 2. The molecule has 0 radical (unpaired) electrons. The van der Waals surface area contributed by atoms with Crippen molar-refractivity contribution in [1.82, 2.24) is 15.2 Å². The topological polar surface area (TPSA) is 28.2 Å². The Bertz CT molecular complexity index is 299. The fourth-order valence-corrected chi connectivity index (χ4v) is 3.14. The molecule has 1 aromatic heterocycles. The first kappa shape index (κ1) is 12.0. The molecule has 0 saturated carbocycles. The maximum atomic E-state index is 4.41. The lowest BCUT2D eigenvalue weighted by atomic mass is 10.0. The lowest BCUT2D eigenvalue weighted by Gasteiger charge is -2.32. The molecule has 2 rings (SSSR count). The van der Waals surface area contributed by atoms with E-state index >= 15 is 0 Å². The lowest BCUT2D eigenvalue weighted by molar-refractivity contribution is 0.215. The van der Waals surface area contributed by atoms with Gasteiger partial charge in [-0.2, -0.15) is 0 Å². The number of piperidine rings is 1. The molecule has 2 atom stereocenters. The predicted molar refractivity (Wildman–Crippen MR) is 68.8 cm³/mol. The third kappa shape index (κ3) is 3.03. The number of rotatable bonds is 4. The van der Waals surface area contributed by atoms with E-state index in [0.717, 1.165) is 6.42 Å². The summed E-state index contributed by atoms with van der Waals surface area (Å²) in [7, 11) is 2.21. The monoisotopic (exact) mass is 239 g/mol. The molecule has 1 saturated heterocycles. The van der Waals surface area contributed by atoms with Crippen molar-refractivity contribution in [2.24, 2.45) is 0 Å². The van der Waals surface area contributed by atoms with E-state index in [2.05, 4.69) is 34.6 Å². The molecule has 1 aliphatic heterocycles. The SMILES string of the molecule is CCC(NC1CCCN(C)C1)c1nccs1. The van der Waals surface area contributed by atoms with Crippen LogP contribution in [-0.4, -0.2) is 36.1 Å². The Labute approximate surface area is 102 Å². The fourth-order valence-electron chi connectivity index (χ4n) is 2.36. The molecule has 90 valence electrons. The normalized spacial score (nSPS) is 24.5. The summed E-state index contributed by atoms with van der Waals surface area (Å²) in [5.41, 5.74) is 0. The molecule has 0 aliphatic carbocycles. The van der Waals surface area contributed by atoms with Crippen molar-refractivity contribution < 1.29 is 0 Å². The van der Waals surface area contributed by atoms with Gasteiger partial charge in [0, 0.05) is 24.2 Å². The molecule has 4 heteroatoms. The largest absolute Gasteiger partial charge is 0.305 e. The summed E-state index contributed by atoms with van der Waals surface area (Å²) in [5.74, 6) is 0. The summed E-state index contributed by atoms with van der Waals surface area (Å²) in [6.07, 6.45) is 5.62. The van der Waals surface area contributed by atoms with Crippen LogP contribution in [0.15, 0.2) is 11.6 Å². The minimum atomic E-state index is 0.441. The first-order valence-corrected chi connectivity index (χ1v) is 7.01. The van der Waals surface area contributed by atoms with Crippen LogP contribution in [0.1, 0.15) is 37.2 Å². The Morgan fingerprint density at radius 3 is 3.19 bits per heavy atom. The number of nitrogens with one attached hydrogen (secondary N) is 1. The molecule has 1 aliphatic rings. The first-order chi connectivity index (χ1) is 7.79. The van der Waals surface area contributed by atoms with Gasteiger partial charge >= 0.3 is 0 Å². The van der Waals surface area contributed by atoms with Crippen LogP contribution in [0.4, 0.5) is 0 Å². The summed E-state index contributed by atoms with van der Waals surface area (Å²) >= 11 is 1.76. The molecule has 0 bridgehead atoms. The van der Waals surface area contributed by atoms with E-state index in [4.69, 9.17) is 0 Å². The van der Waals surface area contributed by atoms with Crippen LogP contribution < -0.4 is 5.32 Å². The van der Waals surface area contributed by atoms with Crippen LogP contribution in [-0.2, 0) is 0 Å². The van der Waals surface area contributed by atoms with E-state index in [1.807, 2.05) is 6.20 Å². The maximum absolute atomic E-state index is 4.41. The van der Waals surface area contributed by atoms with Gasteiger partial charge in [-0.05, 0) is 32.9 Å². The Balaban J connectivity index is 1.91. The Hall–Kier alpha value is -0.450.